The first-order chi connectivity index (χ1) is 15.0. The summed E-state index contributed by atoms with van der Waals surface area (Å²) in [6.07, 6.45) is 2.62. The van der Waals surface area contributed by atoms with Gasteiger partial charge in [0.2, 0.25) is 10.0 Å². The molecule has 0 aromatic heterocycles. The summed E-state index contributed by atoms with van der Waals surface area (Å²) in [5, 5.41) is 11.4. The van der Waals surface area contributed by atoms with Crippen LogP contribution in [0, 0.1) is 17.0 Å². The SMILES string of the molecule is Cc1ccc(S(=O)(=O)N2CCCCC2C)cc1C(=O)N(C)Cc1cc([N+](=O)[O-])ccc1Cl. The predicted octanol–water partition coefficient (Wildman–Crippen LogP) is 4.39. The number of carbonyl (C=O) groups is 1. The molecule has 2 aromatic carbocycles. The van der Waals surface area contributed by atoms with E-state index in [1.807, 2.05) is 6.92 Å². The molecule has 0 saturated carbocycles. The smallest absolute Gasteiger partial charge is 0.269 e. The van der Waals surface area contributed by atoms with Crippen LogP contribution in [0.3, 0.4) is 0 Å². The lowest BCUT2D eigenvalue weighted by atomic mass is 10.1. The summed E-state index contributed by atoms with van der Waals surface area (Å²) in [6, 6.07) is 8.53. The van der Waals surface area contributed by atoms with Crippen molar-refractivity contribution in [1.82, 2.24) is 9.21 Å². The van der Waals surface area contributed by atoms with Gasteiger partial charge in [0.1, 0.15) is 0 Å². The van der Waals surface area contributed by atoms with Crippen molar-refractivity contribution in [3.63, 3.8) is 0 Å². The molecule has 32 heavy (non-hydrogen) atoms. The van der Waals surface area contributed by atoms with Crippen LogP contribution in [0.4, 0.5) is 5.69 Å². The fourth-order valence-electron chi connectivity index (χ4n) is 3.89. The Balaban J connectivity index is 1.89. The number of amides is 1. The maximum absolute atomic E-state index is 13.2. The number of non-ortho nitro benzene ring substituents is 1. The van der Waals surface area contributed by atoms with Gasteiger partial charge >= 0.3 is 0 Å². The molecule has 3 rings (SSSR count). The largest absolute Gasteiger partial charge is 0.337 e. The minimum atomic E-state index is -3.72. The van der Waals surface area contributed by atoms with Crippen molar-refractivity contribution >= 4 is 33.2 Å². The predicted molar refractivity (Wildman–Crippen MR) is 122 cm³/mol. The first-order valence-electron chi connectivity index (χ1n) is 10.3. The molecule has 0 bridgehead atoms. The molecule has 1 heterocycles. The standard InChI is InChI=1S/C22H26ClN3O5S/c1-15-7-9-19(32(30,31)25-11-5-4-6-16(25)2)13-20(15)22(27)24(3)14-17-12-18(26(28)29)8-10-21(17)23/h7-10,12-13,16H,4-6,11,14H2,1-3H3. The molecule has 0 spiro atoms. The molecule has 1 unspecified atom stereocenters. The number of rotatable bonds is 6. The topological polar surface area (TPSA) is 101 Å². The number of aryl methyl sites for hydroxylation is 1. The Kier molecular flexibility index (Phi) is 7.22. The average Bonchev–Trinajstić information content (AvgIpc) is 2.74. The van der Waals surface area contributed by atoms with E-state index in [4.69, 9.17) is 11.6 Å². The van der Waals surface area contributed by atoms with Gasteiger partial charge in [-0.15, -0.1) is 0 Å². The summed E-state index contributed by atoms with van der Waals surface area (Å²) in [5.74, 6) is -0.395. The van der Waals surface area contributed by atoms with Crippen molar-refractivity contribution in [1.29, 1.82) is 0 Å². The first-order valence-corrected chi connectivity index (χ1v) is 12.1. The van der Waals surface area contributed by atoms with Crippen LogP contribution in [-0.2, 0) is 16.6 Å². The van der Waals surface area contributed by atoms with Crippen LogP contribution in [0.25, 0.3) is 0 Å². The number of nitro benzene ring substituents is 1. The first kappa shape index (κ1) is 24.2. The third kappa shape index (κ3) is 4.95. The lowest BCUT2D eigenvalue weighted by Gasteiger charge is -2.32. The molecule has 1 saturated heterocycles. The van der Waals surface area contributed by atoms with E-state index in [1.54, 1.807) is 20.0 Å². The number of hydrogen-bond acceptors (Lipinski definition) is 5. The second kappa shape index (κ2) is 9.56. The molecular weight excluding hydrogens is 454 g/mol. The molecule has 1 amide bonds. The number of nitrogens with zero attached hydrogens (tertiary/aromatic N) is 3. The summed E-state index contributed by atoms with van der Waals surface area (Å²) in [6.45, 7) is 4.14. The van der Waals surface area contributed by atoms with Gasteiger partial charge in [-0.25, -0.2) is 8.42 Å². The van der Waals surface area contributed by atoms with Crippen molar-refractivity contribution in [2.24, 2.45) is 0 Å². The van der Waals surface area contributed by atoms with Crippen molar-refractivity contribution in [2.45, 2.75) is 50.6 Å². The van der Waals surface area contributed by atoms with Gasteiger partial charge in [0, 0.05) is 48.9 Å². The summed E-state index contributed by atoms with van der Waals surface area (Å²) in [7, 11) is -2.18. The van der Waals surface area contributed by atoms with E-state index in [-0.39, 0.29) is 28.7 Å². The van der Waals surface area contributed by atoms with Crippen LogP contribution >= 0.6 is 11.6 Å². The maximum atomic E-state index is 13.2. The zero-order valence-corrected chi connectivity index (χ0v) is 19.8. The molecular formula is C22H26ClN3O5S. The summed E-state index contributed by atoms with van der Waals surface area (Å²) in [5.41, 5.74) is 1.21. The molecule has 1 atom stereocenters. The highest BCUT2D eigenvalue weighted by Gasteiger charge is 2.31. The Morgan fingerprint density at radius 2 is 1.97 bits per heavy atom. The van der Waals surface area contributed by atoms with Gasteiger partial charge in [-0.1, -0.05) is 24.1 Å². The minimum absolute atomic E-state index is 0.0406. The lowest BCUT2D eigenvalue weighted by molar-refractivity contribution is -0.384. The van der Waals surface area contributed by atoms with E-state index < -0.39 is 20.9 Å². The highest BCUT2D eigenvalue weighted by Crippen LogP contribution is 2.28. The Morgan fingerprint density at radius 3 is 2.62 bits per heavy atom. The van der Waals surface area contributed by atoms with E-state index in [2.05, 4.69) is 0 Å². The fraction of sp³-hybridized carbons (Fsp3) is 0.409. The summed E-state index contributed by atoms with van der Waals surface area (Å²) in [4.78, 5) is 25.1. The Labute approximate surface area is 193 Å². The van der Waals surface area contributed by atoms with Gasteiger partial charge in [-0.05, 0) is 56.0 Å². The molecule has 10 heteroatoms. The second-order valence-electron chi connectivity index (χ2n) is 8.13. The number of carbonyl (C=O) groups excluding carboxylic acids is 1. The summed E-state index contributed by atoms with van der Waals surface area (Å²) < 4.78 is 27.9. The Bertz CT molecular complexity index is 1150. The number of nitro groups is 1. The molecule has 1 aliphatic rings. The fourth-order valence-corrected chi connectivity index (χ4v) is 5.79. The van der Waals surface area contributed by atoms with Crippen LogP contribution in [0.5, 0.6) is 0 Å². The maximum Gasteiger partial charge on any atom is 0.269 e. The van der Waals surface area contributed by atoms with Gasteiger partial charge in [0.05, 0.1) is 9.82 Å². The van der Waals surface area contributed by atoms with Crippen LogP contribution < -0.4 is 0 Å². The molecule has 172 valence electrons. The summed E-state index contributed by atoms with van der Waals surface area (Å²) >= 11 is 6.17. The van der Waals surface area contributed by atoms with Gasteiger partial charge < -0.3 is 4.90 Å². The minimum Gasteiger partial charge on any atom is -0.337 e. The lowest BCUT2D eigenvalue weighted by Crippen LogP contribution is -2.42. The Hall–Kier alpha value is -2.49. The zero-order valence-electron chi connectivity index (χ0n) is 18.2. The molecule has 1 aliphatic heterocycles. The van der Waals surface area contributed by atoms with Crippen molar-refractivity contribution in [2.75, 3.05) is 13.6 Å². The third-order valence-corrected chi connectivity index (χ3v) is 8.16. The average molecular weight is 480 g/mol. The monoisotopic (exact) mass is 479 g/mol. The molecule has 1 fully saturated rings. The number of halogens is 1. The van der Waals surface area contributed by atoms with E-state index in [0.717, 1.165) is 19.3 Å². The normalized spacial score (nSPS) is 17.2. The Morgan fingerprint density at radius 1 is 1.25 bits per heavy atom. The highest BCUT2D eigenvalue weighted by atomic mass is 35.5. The molecule has 0 N–H and O–H groups in total. The van der Waals surface area contributed by atoms with Crippen LogP contribution in [0.2, 0.25) is 5.02 Å². The van der Waals surface area contributed by atoms with Gasteiger partial charge in [-0.2, -0.15) is 4.31 Å². The quantitative estimate of drug-likeness (QED) is 0.451. The van der Waals surface area contributed by atoms with Crippen molar-refractivity contribution in [3.05, 3.63) is 68.2 Å². The van der Waals surface area contributed by atoms with Crippen LogP contribution in [-0.4, -0.2) is 48.1 Å². The second-order valence-corrected chi connectivity index (χ2v) is 10.4. The van der Waals surface area contributed by atoms with E-state index in [0.29, 0.717) is 22.7 Å². The molecule has 8 nitrogen and oxygen atoms in total. The van der Waals surface area contributed by atoms with Crippen LogP contribution in [0.1, 0.15) is 47.7 Å². The van der Waals surface area contributed by atoms with E-state index in [9.17, 15) is 23.3 Å². The number of piperidine rings is 1. The number of benzene rings is 2. The molecule has 2 aromatic rings. The molecule has 0 aliphatic carbocycles. The highest BCUT2D eigenvalue weighted by molar-refractivity contribution is 7.89. The number of hydrogen-bond donors (Lipinski definition) is 0. The number of sulfonamides is 1. The van der Waals surface area contributed by atoms with Crippen molar-refractivity contribution < 1.29 is 18.1 Å². The van der Waals surface area contributed by atoms with Gasteiger partial charge in [0.15, 0.2) is 0 Å². The van der Waals surface area contributed by atoms with E-state index in [1.165, 1.54) is 39.5 Å². The van der Waals surface area contributed by atoms with Gasteiger partial charge in [-0.3, -0.25) is 14.9 Å². The third-order valence-electron chi connectivity index (χ3n) is 5.78. The van der Waals surface area contributed by atoms with E-state index >= 15 is 0 Å². The van der Waals surface area contributed by atoms with Crippen LogP contribution in [0.15, 0.2) is 41.3 Å². The van der Waals surface area contributed by atoms with Crippen molar-refractivity contribution in [3.8, 4) is 0 Å². The zero-order chi connectivity index (χ0) is 23.6. The van der Waals surface area contributed by atoms with Gasteiger partial charge in [0.25, 0.3) is 11.6 Å². The molecule has 0 radical (unpaired) electrons.